The molecule has 1 N–H and O–H groups in total. The van der Waals surface area contributed by atoms with Crippen molar-refractivity contribution < 1.29 is 8.42 Å². The summed E-state index contributed by atoms with van der Waals surface area (Å²) in [4.78, 5) is 0.416. The van der Waals surface area contributed by atoms with Gasteiger partial charge in [0.25, 0.3) is 0 Å². The minimum Gasteiger partial charge on any atom is -0.352 e. The second kappa shape index (κ2) is 6.50. The number of aryl methyl sites for hydroxylation is 1. The first-order valence-electron chi connectivity index (χ1n) is 7.70. The number of nitrogens with zero attached hydrogens (tertiary/aromatic N) is 2. The summed E-state index contributed by atoms with van der Waals surface area (Å²) in [5, 5.41) is 3.23. The van der Waals surface area contributed by atoms with Gasteiger partial charge in [-0.05, 0) is 30.9 Å². The van der Waals surface area contributed by atoms with Gasteiger partial charge in [-0.3, -0.25) is 0 Å². The molecule has 2 unspecified atom stereocenters. The van der Waals surface area contributed by atoms with E-state index in [1.807, 2.05) is 18.5 Å². The lowest BCUT2D eigenvalue weighted by Crippen LogP contribution is -2.42. The van der Waals surface area contributed by atoms with Gasteiger partial charge in [-0.25, -0.2) is 8.42 Å². The highest BCUT2D eigenvalue weighted by molar-refractivity contribution is 7.89. The molecule has 6 heteroatoms. The maximum absolute atomic E-state index is 12.8. The van der Waals surface area contributed by atoms with Crippen LogP contribution < -0.4 is 5.32 Å². The molecule has 0 aliphatic carbocycles. The Labute approximate surface area is 128 Å². The van der Waals surface area contributed by atoms with Crippen LogP contribution >= 0.6 is 0 Å². The first-order valence-corrected chi connectivity index (χ1v) is 9.14. The number of rotatable bonds is 5. The maximum Gasteiger partial charge on any atom is 0.244 e. The SMILES string of the molecule is CCNCc1cc(S(=O)(=O)N2CC(C)CC(C)C2)cn1C. The summed E-state index contributed by atoms with van der Waals surface area (Å²) in [5.41, 5.74) is 0.994. The quantitative estimate of drug-likeness (QED) is 0.902. The Kier molecular flexibility index (Phi) is 5.11. The van der Waals surface area contributed by atoms with Crippen molar-refractivity contribution in [1.82, 2.24) is 14.2 Å². The van der Waals surface area contributed by atoms with Crippen LogP contribution in [-0.4, -0.2) is 36.9 Å². The number of aromatic nitrogens is 1. The molecule has 1 aromatic rings. The normalized spacial score (nSPS) is 24.4. The van der Waals surface area contributed by atoms with Crippen LogP contribution in [0.1, 0.15) is 32.9 Å². The smallest absolute Gasteiger partial charge is 0.244 e. The van der Waals surface area contributed by atoms with Crippen molar-refractivity contribution in [2.75, 3.05) is 19.6 Å². The third-order valence-corrected chi connectivity index (χ3v) is 5.91. The molecule has 0 bridgehead atoms. The van der Waals surface area contributed by atoms with Crippen molar-refractivity contribution in [3.05, 3.63) is 18.0 Å². The molecule has 1 aliphatic heterocycles. The Balaban J connectivity index is 2.23. The van der Waals surface area contributed by atoms with Crippen LogP contribution in [0, 0.1) is 11.8 Å². The minimum absolute atomic E-state index is 0.416. The van der Waals surface area contributed by atoms with Gasteiger partial charge >= 0.3 is 0 Å². The summed E-state index contributed by atoms with van der Waals surface area (Å²) in [5.74, 6) is 0.849. The molecular weight excluding hydrogens is 286 g/mol. The third kappa shape index (κ3) is 3.67. The van der Waals surface area contributed by atoms with Crippen LogP contribution in [0.3, 0.4) is 0 Å². The van der Waals surface area contributed by atoms with Crippen LogP contribution in [0.5, 0.6) is 0 Å². The second-order valence-corrected chi connectivity index (χ2v) is 8.26. The summed E-state index contributed by atoms with van der Waals surface area (Å²) < 4.78 is 29.2. The summed E-state index contributed by atoms with van der Waals surface area (Å²) in [6.07, 6.45) is 2.83. The average molecular weight is 313 g/mol. The number of hydrogen-bond donors (Lipinski definition) is 1. The van der Waals surface area contributed by atoms with E-state index < -0.39 is 10.0 Å². The molecule has 1 aliphatic rings. The van der Waals surface area contributed by atoms with Crippen molar-refractivity contribution in [2.45, 2.75) is 38.6 Å². The number of hydrogen-bond acceptors (Lipinski definition) is 3. The molecule has 0 saturated carbocycles. The van der Waals surface area contributed by atoms with Gasteiger partial charge in [0.2, 0.25) is 10.0 Å². The number of nitrogens with one attached hydrogen (secondary N) is 1. The van der Waals surface area contributed by atoms with Crippen LogP contribution in [0.25, 0.3) is 0 Å². The van der Waals surface area contributed by atoms with E-state index in [2.05, 4.69) is 19.2 Å². The zero-order chi connectivity index (χ0) is 15.6. The van der Waals surface area contributed by atoms with Gasteiger partial charge in [-0.2, -0.15) is 4.31 Å². The van der Waals surface area contributed by atoms with E-state index in [0.29, 0.717) is 36.4 Å². The minimum atomic E-state index is -3.37. The lowest BCUT2D eigenvalue weighted by Gasteiger charge is -2.33. The fourth-order valence-electron chi connectivity index (χ4n) is 3.10. The lowest BCUT2D eigenvalue weighted by molar-refractivity contribution is 0.222. The molecule has 0 aromatic carbocycles. The van der Waals surface area contributed by atoms with Gasteiger partial charge in [0, 0.05) is 38.6 Å². The van der Waals surface area contributed by atoms with Crippen molar-refractivity contribution in [3.8, 4) is 0 Å². The lowest BCUT2D eigenvalue weighted by atomic mass is 9.94. The molecular formula is C15H27N3O2S. The van der Waals surface area contributed by atoms with Gasteiger partial charge in [-0.1, -0.05) is 20.8 Å². The molecule has 1 saturated heterocycles. The van der Waals surface area contributed by atoms with Crippen LogP contribution in [0.4, 0.5) is 0 Å². The molecule has 1 aromatic heterocycles. The van der Waals surface area contributed by atoms with E-state index in [0.717, 1.165) is 18.7 Å². The van der Waals surface area contributed by atoms with E-state index in [1.165, 1.54) is 0 Å². The van der Waals surface area contributed by atoms with Gasteiger partial charge < -0.3 is 9.88 Å². The maximum atomic E-state index is 12.8. The van der Waals surface area contributed by atoms with E-state index in [1.54, 1.807) is 16.6 Å². The Morgan fingerprint density at radius 3 is 2.48 bits per heavy atom. The zero-order valence-electron chi connectivity index (χ0n) is 13.5. The highest BCUT2D eigenvalue weighted by Gasteiger charge is 2.32. The standard InChI is InChI=1S/C15H27N3O2S/c1-5-16-8-14-7-15(11-17(14)4)21(19,20)18-9-12(2)6-13(3)10-18/h7,11-13,16H,5-6,8-10H2,1-4H3. The van der Waals surface area contributed by atoms with Gasteiger partial charge in [0.15, 0.2) is 0 Å². The molecule has 2 atom stereocenters. The zero-order valence-corrected chi connectivity index (χ0v) is 14.3. The van der Waals surface area contributed by atoms with Crippen molar-refractivity contribution in [3.63, 3.8) is 0 Å². The van der Waals surface area contributed by atoms with Crippen LogP contribution in [0.15, 0.2) is 17.2 Å². The van der Waals surface area contributed by atoms with Gasteiger partial charge in [0.1, 0.15) is 4.90 Å². The topological polar surface area (TPSA) is 54.3 Å². The summed E-state index contributed by atoms with van der Waals surface area (Å²) in [7, 11) is -1.47. The molecule has 0 spiro atoms. The van der Waals surface area contributed by atoms with Crippen molar-refractivity contribution in [2.24, 2.45) is 18.9 Å². The second-order valence-electron chi connectivity index (χ2n) is 6.33. The van der Waals surface area contributed by atoms with E-state index in [4.69, 9.17) is 0 Å². The third-order valence-electron chi connectivity index (χ3n) is 4.11. The molecule has 120 valence electrons. The monoisotopic (exact) mass is 313 g/mol. The van der Waals surface area contributed by atoms with Crippen molar-refractivity contribution in [1.29, 1.82) is 0 Å². The summed E-state index contributed by atoms with van der Waals surface area (Å²) in [6.45, 7) is 9.11. The molecule has 5 nitrogen and oxygen atoms in total. The average Bonchev–Trinajstić information content (AvgIpc) is 2.77. The molecule has 2 heterocycles. The van der Waals surface area contributed by atoms with Gasteiger partial charge in [0.05, 0.1) is 0 Å². The summed E-state index contributed by atoms with van der Waals surface area (Å²) in [6, 6.07) is 1.79. The Bertz CT molecular complexity index is 570. The number of sulfonamides is 1. The number of piperidine rings is 1. The Morgan fingerprint density at radius 2 is 1.90 bits per heavy atom. The molecule has 0 radical (unpaired) electrons. The van der Waals surface area contributed by atoms with E-state index in [9.17, 15) is 8.42 Å². The van der Waals surface area contributed by atoms with E-state index in [-0.39, 0.29) is 0 Å². The fraction of sp³-hybridized carbons (Fsp3) is 0.733. The van der Waals surface area contributed by atoms with Crippen molar-refractivity contribution >= 4 is 10.0 Å². The highest BCUT2D eigenvalue weighted by atomic mass is 32.2. The largest absolute Gasteiger partial charge is 0.352 e. The molecule has 2 rings (SSSR count). The predicted molar refractivity (Wildman–Crippen MR) is 84.5 cm³/mol. The molecule has 1 fully saturated rings. The Morgan fingerprint density at radius 1 is 1.29 bits per heavy atom. The first-order chi connectivity index (χ1) is 9.84. The van der Waals surface area contributed by atoms with E-state index >= 15 is 0 Å². The highest BCUT2D eigenvalue weighted by Crippen LogP contribution is 2.27. The Hall–Kier alpha value is -0.850. The molecule has 21 heavy (non-hydrogen) atoms. The molecule has 0 amide bonds. The van der Waals surface area contributed by atoms with Crippen LogP contribution in [0.2, 0.25) is 0 Å². The first kappa shape index (κ1) is 16.5. The fourth-order valence-corrected chi connectivity index (χ4v) is 4.87. The van der Waals surface area contributed by atoms with Crippen LogP contribution in [-0.2, 0) is 23.6 Å². The summed E-state index contributed by atoms with van der Waals surface area (Å²) >= 11 is 0. The predicted octanol–water partition coefficient (Wildman–Crippen LogP) is 1.80. The van der Waals surface area contributed by atoms with Gasteiger partial charge in [-0.15, -0.1) is 0 Å².